The van der Waals surface area contributed by atoms with Gasteiger partial charge in [0.1, 0.15) is 0 Å². The standard InChI is InChI=1S/C14H22N2O3S/c1-4-10-7-8-11(9-13(10)20(15,18)19)14(17)16-12(5-2)6-3/h7-9,12H,4-6H2,1-3H3,(H,16,17)(H2,15,18,19). The fraction of sp³-hybridized carbons (Fsp3) is 0.500. The van der Waals surface area contributed by atoms with Gasteiger partial charge in [0.2, 0.25) is 10.0 Å². The molecule has 0 fully saturated rings. The third-order valence-electron chi connectivity index (χ3n) is 3.34. The van der Waals surface area contributed by atoms with Crippen molar-refractivity contribution < 1.29 is 13.2 Å². The van der Waals surface area contributed by atoms with Crippen LogP contribution in [-0.4, -0.2) is 20.4 Å². The number of aryl methyl sites for hydroxylation is 1. The van der Waals surface area contributed by atoms with Crippen LogP contribution in [0.4, 0.5) is 0 Å². The molecule has 0 saturated heterocycles. The molecule has 0 aliphatic heterocycles. The first kappa shape index (κ1) is 16.7. The highest BCUT2D eigenvalue weighted by Crippen LogP contribution is 2.17. The normalized spacial score (nSPS) is 11.7. The van der Waals surface area contributed by atoms with E-state index in [2.05, 4.69) is 5.32 Å². The van der Waals surface area contributed by atoms with Crippen molar-refractivity contribution in [2.24, 2.45) is 5.14 Å². The highest BCUT2D eigenvalue weighted by atomic mass is 32.2. The van der Waals surface area contributed by atoms with E-state index in [0.29, 0.717) is 17.5 Å². The van der Waals surface area contributed by atoms with Gasteiger partial charge in [-0.25, -0.2) is 13.6 Å². The van der Waals surface area contributed by atoms with E-state index in [1.807, 2.05) is 20.8 Å². The number of rotatable bonds is 6. The van der Waals surface area contributed by atoms with Crippen molar-refractivity contribution in [3.8, 4) is 0 Å². The first-order valence-corrected chi connectivity index (χ1v) is 8.34. The van der Waals surface area contributed by atoms with Gasteiger partial charge >= 0.3 is 0 Å². The number of benzene rings is 1. The van der Waals surface area contributed by atoms with Crippen molar-refractivity contribution in [3.63, 3.8) is 0 Å². The van der Waals surface area contributed by atoms with Crippen LogP contribution in [0.3, 0.4) is 0 Å². The zero-order valence-electron chi connectivity index (χ0n) is 12.1. The Morgan fingerprint density at radius 3 is 2.30 bits per heavy atom. The Balaban J connectivity index is 3.12. The van der Waals surface area contributed by atoms with E-state index < -0.39 is 10.0 Å². The van der Waals surface area contributed by atoms with E-state index in [-0.39, 0.29) is 16.8 Å². The van der Waals surface area contributed by atoms with E-state index >= 15 is 0 Å². The quantitative estimate of drug-likeness (QED) is 0.839. The van der Waals surface area contributed by atoms with Crippen LogP contribution in [0.15, 0.2) is 23.1 Å². The molecule has 0 saturated carbocycles. The molecule has 0 aliphatic rings. The predicted octanol–water partition coefficient (Wildman–Crippen LogP) is 1.81. The topological polar surface area (TPSA) is 89.3 Å². The molecule has 0 heterocycles. The van der Waals surface area contributed by atoms with Crippen molar-refractivity contribution in [3.05, 3.63) is 29.3 Å². The Kier molecular flexibility index (Phi) is 5.71. The summed E-state index contributed by atoms with van der Waals surface area (Å²) in [5.41, 5.74) is 0.935. The monoisotopic (exact) mass is 298 g/mol. The fourth-order valence-electron chi connectivity index (χ4n) is 2.01. The molecule has 5 nitrogen and oxygen atoms in total. The Labute approximate surface area is 120 Å². The van der Waals surface area contributed by atoms with Gasteiger partial charge in [0.25, 0.3) is 5.91 Å². The first-order valence-electron chi connectivity index (χ1n) is 6.80. The van der Waals surface area contributed by atoms with Crippen LogP contribution in [0.5, 0.6) is 0 Å². The van der Waals surface area contributed by atoms with Gasteiger partial charge in [-0.3, -0.25) is 4.79 Å². The Hall–Kier alpha value is -1.40. The molecule has 1 aromatic rings. The van der Waals surface area contributed by atoms with Crippen LogP contribution in [-0.2, 0) is 16.4 Å². The van der Waals surface area contributed by atoms with Gasteiger partial charge < -0.3 is 5.32 Å². The van der Waals surface area contributed by atoms with Crippen molar-refractivity contribution in [1.82, 2.24) is 5.32 Å². The molecule has 0 unspecified atom stereocenters. The SMILES string of the molecule is CCc1ccc(C(=O)NC(CC)CC)cc1S(N)(=O)=O. The smallest absolute Gasteiger partial charge is 0.251 e. The van der Waals surface area contributed by atoms with E-state index in [1.165, 1.54) is 6.07 Å². The number of amides is 1. The van der Waals surface area contributed by atoms with Gasteiger partial charge in [-0.15, -0.1) is 0 Å². The van der Waals surface area contributed by atoms with Crippen molar-refractivity contribution in [2.45, 2.75) is 51.0 Å². The summed E-state index contributed by atoms with van der Waals surface area (Å²) in [4.78, 5) is 12.1. The minimum Gasteiger partial charge on any atom is -0.349 e. The summed E-state index contributed by atoms with van der Waals surface area (Å²) in [5, 5.41) is 8.07. The number of nitrogens with one attached hydrogen (secondary N) is 1. The van der Waals surface area contributed by atoms with Gasteiger partial charge in [0.05, 0.1) is 4.90 Å². The minimum absolute atomic E-state index is 0.0252. The maximum Gasteiger partial charge on any atom is 0.251 e. The maximum absolute atomic E-state index is 12.1. The summed E-state index contributed by atoms with van der Waals surface area (Å²) in [7, 11) is -3.82. The highest BCUT2D eigenvalue weighted by Gasteiger charge is 2.17. The van der Waals surface area contributed by atoms with Gasteiger partial charge in [0.15, 0.2) is 0 Å². The van der Waals surface area contributed by atoms with Gasteiger partial charge in [0, 0.05) is 11.6 Å². The second kappa shape index (κ2) is 6.85. The number of carbonyl (C=O) groups excluding carboxylic acids is 1. The molecule has 1 amide bonds. The molecule has 0 radical (unpaired) electrons. The van der Waals surface area contributed by atoms with E-state index in [0.717, 1.165) is 12.8 Å². The van der Waals surface area contributed by atoms with Crippen LogP contribution >= 0.6 is 0 Å². The summed E-state index contributed by atoms with van der Waals surface area (Å²) >= 11 is 0. The van der Waals surface area contributed by atoms with Crippen molar-refractivity contribution in [2.75, 3.05) is 0 Å². The Morgan fingerprint density at radius 1 is 1.25 bits per heavy atom. The van der Waals surface area contributed by atoms with Crippen molar-refractivity contribution >= 4 is 15.9 Å². The summed E-state index contributed by atoms with van der Waals surface area (Å²) in [6.07, 6.45) is 2.20. The molecule has 6 heteroatoms. The minimum atomic E-state index is -3.82. The maximum atomic E-state index is 12.1. The molecule has 0 aromatic heterocycles. The molecule has 0 spiro atoms. The third-order valence-corrected chi connectivity index (χ3v) is 4.33. The number of carbonyl (C=O) groups is 1. The Bertz CT molecular complexity index is 578. The number of sulfonamides is 1. The molecule has 0 atom stereocenters. The molecule has 112 valence electrons. The lowest BCUT2D eigenvalue weighted by atomic mass is 10.1. The van der Waals surface area contributed by atoms with Gasteiger partial charge in [-0.1, -0.05) is 26.8 Å². The van der Waals surface area contributed by atoms with Gasteiger partial charge in [-0.05, 0) is 37.0 Å². The number of hydrogen-bond acceptors (Lipinski definition) is 3. The lowest BCUT2D eigenvalue weighted by Crippen LogP contribution is -2.34. The zero-order chi connectivity index (χ0) is 15.3. The average molecular weight is 298 g/mol. The lowest BCUT2D eigenvalue weighted by molar-refractivity contribution is 0.0934. The number of nitrogens with two attached hydrogens (primary N) is 1. The highest BCUT2D eigenvalue weighted by molar-refractivity contribution is 7.89. The summed E-state index contributed by atoms with van der Waals surface area (Å²) in [6.45, 7) is 5.82. The van der Waals surface area contributed by atoms with Gasteiger partial charge in [-0.2, -0.15) is 0 Å². The van der Waals surface area contributed by atoms with Crippen LogP contribution in [0.2, 0.25) is 0 Å². The predicted molar refractivity (Wildman–Crippen MR) is 79.0 cm³/mol. The second-order valence-electron chi connectivity index (χ2n) is 4.71. The summed E-state index contributed by atoms with van der Waals surface area (Å²) in [5.74, 6) is -0.272. The van der Waals surface area contributed by atoms with E-state index in [1.54, 1.807) is 12.1 Å². The molecule has 20 heavy (non-hydrogen) atoms. The van der Waals surface area contributed by atoms with E-state index in [9.17, 15) is 13.2 Å². The largest absolute Gasteiger partial charge is 0.349 e. The van der Waals surface area contributed by atoms with Crippen LogP contribution in [0, 0.1) is 0 Å². The first-order chi connectivity index (χ1) is 9.33. The molecule has 1 aromatic carbocycles. The third kappa shape index (κ3) is 4.05. The molecule has 1 rings (SSSR count). The second-order valence-corrected chi connectivity index (χ2v) is 6.24. The molecule has 0 bridgehead atoms. The number of primary sulfonamides is 1. The molecule has 0 aliphatic carbocycles. The zero-order valence-corrected chi connectivity index (χ0v) is 13.0. The molecule has 3 N–H and O–H groups in total. The van der Waals surface area contributed by atoms with Crippen molar-refractivity contribution in [1.29, 1.82) is 0 Å². The summed E-state index contributed by atoms with van der Waals surface area (Å²) in [6, 6.07) is 4.71. The van der Waals surface area contributed by atoms with Crippen LogP contribution < -0.4 is 10.5 Å². The summed E-state index contributed by atoms with van der Waals surface area (Å²) < 4.78 is 23.1. The Morgan fingerprint density at radius 2 is 1.85 bits per heavy atom. The van der Waals surface area contributed by atoms with E-state index in [4.69, 9.17) is 5.14 Å². The fourth-order valence-corrected chi connectivity index (χ4v) is 2.88. The average Bonchev–Trinajstić information content (AvgIpc) is 2.42. The number of hydrogen-bond donors (Lipinski definition) is 2. The lowest BCUT2D eigenvalue weighted by Gasteiger charge is -2.15. The van der Waals surface area contributed by atoms with Crippen LogP contribution in [0.1, 0.15) is 49.5 Å². The van der Waals surface area contributed by atoms with Crippen LogP contribution in [0.25, 0.3) is 0 Å². The molecular formula is C14H22N2O3S. The molecular weight excluding hydrogens is 276 g/mol.